The van der Waals surface area contributed by atoms with Crippen LogP contribution < -0.4 is 5.73 Å². The van der Waals surface area contributed by atoms with E-state index in [1.807, 2.05) is 0 Å². The van der Waals surface area contributed by atoms with E-state index in [1.165, 1.54) is 17.7 Å². The Hall–Kier alpha value is -0.700. The summed E-state index contributed by atoms with van der Waals surface area (Å²) in [6, 6.07) is 0.237. The summed E-state index contributed by atoms with van der Waals surface area (Å²) < 4.78 is 29.2. The molecule has 0 amide bonds. The topological polar surface area (TPSA) is 92.9 Å². The van der Waals surface area contributed by atoms with Crippen molar-refractivity contribution in [2.75, 3.05) is 39.5 Å². The van der Waals surface area contributed by atoms with Crippen molar-refractivity contribution in [3.63, 3.8) is 0 Å². The number of nitrogens with two attached hydrogens (primary N) is 1. The molecule has 1 saturated carbocycles. The number of hydrogen-bond acceptors (Lipinski definition) is 6. The van der Waals surface area contributed by atoms with Crippen LogP contribution in [0.2, 0.25) is 0 Å². The monoisotopic (exact) mass is 305 g/mol. The van der Waals surface area contributed by atoms with Gasteiger partial charge in [0.2, 0.25) is 10.0 Å². The Morgan fingerprint density at radius 3 is 2.40 bits per heavy atom. The van der Waals surface area contributed by atoms with Gasteiger partial charge in [0.25, 0.3) is 0 Å². The molecule has 0 aromatic heterocycles. The summed E-state index contributed by atoms with van der Waals surface area (Å²) in [7, 11) is -1.75. The SMILES string of the molecule is COC(=O)C1(N)CCC(N2CCN(S(C)(=O)=O)CC2)C1. The van der Waals surface area contributed by atoms with Crippen LogP contribution in [0.5, 0.6) is 0 Å². The third-order valence-corrected chi connectivity index (χ3v) is 5.68. The van der Waals surface area contributed by atoms with Gasteiger partial charge in [-0.15, -0.1) is 0 Å². The Morgan fingerprint density at radius 2 is 1.90 bits per heavy atom. The minimum absolute atomic E-state index is 0.237. The number of carbonyl (C=O) groups excluding carboxylic acids is 1. The molecule has 1 aliphatic heterocycles. The van der Waals surface area contributed by atoms with Crippen molar-refractivity contribution in [3.05, 3.63) is 0 Å². The maximum Gasteiger partial charge on any atom is 0.325 e. The van der Waals surface area contributed by atoms with Gasteiger partial charge >= 0.3 is 5.97 Å². The zero-order chi connectivity index (χ0) is 15.0. The van der Waals surface area contributed by atoms with Crippen molar-refractivity contribution >= 4 is 16.0 Å². The average Bonchev–Trinajstić information content (AvgIpc) is 2.81. The summed E-state index contributed by atoms with van der Waals surface area (Å²) >= 11 is 0. The van der Waals surface area contributed by atoms with Gasteiger partial charge in [-0.3, -0.25) is 9.69 Å². The minimum Gasteiger partial charge on any atom is -0.468 e. The lowest BCUT2D eigenvalue weighted by molar-refractivity contribution is -0.147. The Morgan fingerprint density at radius 1 is 1.30 bits per heavy atom. The molecule has 7 nitrogen and oxygen atoms in total. The van der Waals surface area contributed by atoms with Gasteiger partial charge in [-0.05, 0) is 19.3 Å². The largest absolute Gasteiger partial charge is 0.468 e. The van der Waals surface area contributed by atoms with E-state index < -0.39 is 15.6 Å². The molecule has 8 heteroatoms. The fourth-order valence-corrected chi connectivity index (χ4v) is 3.98. The van der Waals surface area contributed by atoms with Gasteiger partial charge in [-0.1, -0.05) is 0 Å². The van der Waals surface area contributed by atoms with Gasteiger partial charge in [-0.25, -0.2) is 8.42 Å². The highest BCUT2D eigenvalue weighted by molar-refractivity contribution is 7.88. The van der Waals surface area contributed by atoms with Crippen LogP contribution >= 0.6 is 0 Å². The Bertz CT molecular complexity index is 473. The lowest BCUT2D eigenvalue weighted by atomic mass is 9.99. The first-order valence-corrected chi connectivity index (χ1v) is 8.67. The molecule has 1 saturated heterocycles. The number of rotatable bonds is 3. The van der Waals surface area contributed by atoms with Crippen LogP contribution in [0.25, 0.3) is 0 Å². The molecule has 2 N–H and O–H groups in total. The number of carbonyl (C=O) groups is 1. The minimum atomic E-state index is -3.11. The molecule has 0 aromatic carbocycles. The molecule has 0 bridgehead atoms. The maximum absolute atomic E-state index is 11.7. The van der Waals surface area contributed by atoms with Crippen molar-refractivity contribution in [3.8, 4) is 0 Å². The number of nitrogens with zero attached hydrogens (tertiary/aromatic N) is 2. The Labute approximate surface area is 120 Å². The Kier molecular flexibility index (Phi) is 4.38. The third-order valence-electron chi connectivity index (χ3n) is 4.37. The Balaban J connectivity index is 1.92. The first-order chi connectivity index (χ1) is 9.26. The summed E-state index contributed by atoms with van der Waals surface area (Å²) in [6.07, 6.45) is 3.29. The van der Waals surface area contributed by atoms with Crippen molar-refractivity contribution in [1.82, 2.24) is 9.21 Å². The van der Waals surface area contributed by atoms with Crippen molar-refractivity contribution < 1.29 is 17.9 Å². The van der Waals surface area contributed by atoms with Crippen LogP contribution in [0.3, 0.4) is 0 Å². The van der Waals surface area contributed by atoms with Crippen molar-refractivity contribution in [1.29, 1.82) is 0 Å². The summed E-state index contributed by atoms with van der Waals surface area (Å²) in [4.78, 5) is 13.9. The summed E-state index contributed by atoms with van der Waals surface area (Å²) in [5.41, 5.74) is 5.22. The van der Waals surface area contributed by atoms with Crippen LogP contribution in [0, 0.1) is 0 Å². The summed E-state index contributed by atoms with van der Waals surface area (Å²) in [5.74, 6) is -0.352. The first kappa shape index (κ1) is 15.7. The van der Waals surface area contributed by atoms with E-state index >= 15 is 0 Å². The highest BCUT2D eigenvalue weighted by Crippen LogP contribution is 2.32. The molecule has 0 spiro atoms. The normalized spacial score (nSPS) is 33.2. The van der Waals surface area contributed by atoms with Crippen LogP contribution in [0.15, 0.2) is 0 Å². The van der Waals surface area contributed by atoms with Gasteiger partial charge in [0.1, 0.15) is 5.54 Å². The molecule has 1 heterocycles. The molecule has 2 unspecified atom stereocenters. The van der Waals surface area contributed by atoms with Gasteiger partial charge < -0.3 is 10.5 Å². The molecular weight excluding hydrogens is 282 g/mol. The fourth-order valence-electron chi connectivity index (χ4n) is 3.15. The lowest BCUT2D eigenvalue weighted by Gasteiger charge is -2.37. The molecule has 2 rings (SSSR count). The molecule has 2 fully saturated rings. The molecule has 1 aliphatic carbocycles. The first-order valence-electron chi connectivity index (χ1n) is 6.83. The smallest absolute Gasteiger partial charge is 0.325 e. The predicted octanol–water partition coefficient (Wildman–Crippen LogP) is -1.01. The molecular formula is C12H23N3O4S. The van der Waals surface area contributed by atoms with Gasteiger partial charge in [-0.2, -0.15) is 4.31 Å². The van der Waals surface area contributed by atoms with Gasteiger partial charge in [0.05, 0.1) is 13.4 Å². The zero-order valence-corrected chi connectivity index (χ0v) is 12.9. The van der Waals surface area contributed by atoms with Crippen LogP contribution in [0.4, 0.5) is 0 Å². The standard InChI is InChI=1S/C12H23N3O4S/c1-19-11(16)12(13)4-3-10(9-12)14-5-7-15(8-6-14)20(2,17)18/h10H,3-9,13H2,1-2H3. The number of ether oxygens (including phenoxy) is 1. The summed E-state index contributed by atoms with van der Waals surface area (Å²) in [6.45, 7) is 2.39. The van der Waals surface area contributed by atoms with E-state index in [0.717, 1.165) is 6.42 Å². The molecule has 0 radical (unpaired) electrons. The average molecular weight is 305 g/mol. The molecule has 2 atom stereocenters. The second-order valence-corrected chi connectivity index (χ2v) is 7.72. The molecule has 2 aliphatic rings. The highest BCUT2D eigenvalue weighted by Gasteiger charge is 2.45. The number of esters is 1. The van der Waals surface area contributed by atoms with Crippen LogP contribution in [-0.4, -0.2) is 74.7 Å². The maximum atomic E-state index is 11.7. The molecule has 0 aromatic rings. The summed E-state index contributed by atoms with van der Waals surface area (Å²) in [5, 5.41) is 0. The van der Waals surface area contributed by atoms with Crippen molar-refractivity contribution in [2.24, 2.45) is 5.73 Å². The third kappa shape index (κ3) is 3.13. The molecule has 20 heavy (non-hydrogen) atoms. The van der Waals surface area contributed by atoms with E-state index in [9.17, 15) is 13.2 Å². The number of hydrogen-bond donors (Lipinski definition) is 1. The fraction of sp³-hybridized carbons (Fsp3) is 0.917. The van der Waals surface area contributed by atoms with Crippen molar-refractivity contribution in [2.45, 2.75) is 30.8 Å². The van der Waals surface area contributed by atoms with E-state index in [2.05, 4.69) is 4.90 Å². The predicted molar refractivity (Wildman–Crippen MR) is 74.6 cm³/mol. The highest BCUT2D eigenvalue weighted by atomic mass is 32.2. The van der Waals surface area contributed by atoms with E-state index in [4.69, 9.17) is 10.5 Å². The second-order valence-electron chi connectivity index (χ2n) is 5.74. The lowest BCUT2D eigenvalue weighted by Crippen LogP contribution is -2.53. The van der Waals surface area contributed by atoms with E-state index in [-0.39, 0.29) is 12.0 Å². The van der Waals surface area contributed by atoms with Crippen LogP contribution in [0.1, 0.15) is 19.3 Å². The van der Waals surface area contributed by atoms with E-state index in [1.54, 1.807) is 0 Å². The second kappa shape index (κ2) is 5.59. The quantitative estimate of drug-likeness (QED) is 0.671. The number of methoxy groups -OCH3 is 1. The number of sulfonamides is 1. The zero-order valence-electron chi connectivity index (χ0n) is 12.0. The molecule has 116 valence electrons. The van der Waals surface area contributed by atoms with Crippen LogP contribution in [-0.2, 0) is 19.6 Å². The van der Waals surface area contributed by atoms with Gasteiger partial charge in [0, 0.05) is 32.2 Å². The van der Waals surface area contributed by atoms with Gasteiger partial charge in [0.15, 0.2) is 0 Å². The van der Waals surface area contributed by atoms with E-state index in [0.29, 0.717) is 39.0 Å². The number of piperazine rings is 1.